The van der Waals surface area contributed by atoms with E-state index in [4.69, 9.17) is 0 Å². The first-order valence-corrected chi connectivity index (χ1v) is 11.6. The van der Waals surface area contributed by atoms with E-state index in [0.717, 1.165) is 40.4 Å². The number of nitrogens with zero attached hydrogens (tertiary/aromatic N) is 2. The molecule has 33 heavy (non-hydrogen) atoms. The smallest absolute Gasteiger partial charge is 0.250 e. The minimum absolute atomic E-state index is 0.108. The van der Waals surface area contributed by atoms with Crippen LogP contribution in [0.15, 0.2) is 60.7 Å². The monoisotopic (exact) mass is 437 g/mol. The number of carbonyl (C=O) groups excluding carboxylic acids is 3. The van der Waals surface area contributed by atoms with Crippen LogP contribution in [0.4, 0.5) is 11.4 Å². The van der Waals surface area contributed by atoms with Crippen molar-refractivity contribution < 1.29 is 14.4 Å². The minimum Gasteiger partial charge on any atom is -0.324 e. The van der Waals surface area contributed by atoms with Crippen molar-refractivity contribution in [3.8, 4) is 0 Å². The van der Waals surface area contributed by atoms with Crippen molar-refractivity contribution in [2.45, 2.75) is 31.3 Å². The molecule has 0 aromatic heterocycles. The number of hydrogen-bond donors (Lipinski definition) is 1. The summed E-state index contributed by atoms with van der Waals surface area (Å²) in [5, 5.41) is 4.88. The topological polar surface area (TPSA) is 69.7 Å². The van der Waals surface area contributed by atoms with Crippen molar-refractivity contribution in [2.75, 3.05) is 16.8 Å². The number of imide groups is 1. The number of amides is 3. The second-order valence-electron chi connectivity index (χ2n) is 9.69. The molecule has 0 saturated carbocycles. The molecule has 0 bridgehead atoms. The Kier molecular flexibility index (Phi) is 3.62. The van der Waals surface area contributed by atoms with E-state index in [0.29, 0.717) is 12.2 Å². The fourth-order valence-electron chi connectivity index (χ4n) is 6.96. The molecule has 3 amide bonds. The van der Waals surface area contributed by atoms with Gasteiger partial charge in [0.15, 0.2) is 0 Å². The summed E-state index contributed by atoms with van der Waals surface area (Å²) in [6.07, 6.45) is 1.74. The molecule has 3 fully saturated rings. The van der Waals surface area contributed by atoms with Gasteiger partial charge in [-0.3, -0.25) is 19.3 Å². The molecule has 6 heteroatoms. The summed E-state index contributed by atoms with van der Waals surface area (Å²) >= 11 is 0. The van der Waals surface area contributed by atoms with Crippen LogP contribution < -0.4 is 10.2 Å². The Morgan fingerprint density at radius 2 is 1.79 bits per heavy atom. The van der Waals surface area contributed by atoms with Crippen LogP contribution in [0.1, 0.15) is 24.0 Å². The number of carbonyl (C=O) groups is 3. The second kappa shape index (κ2) is 6.29. The number of benzene rings is 3. The molecule has 1 spiro atoms. The van der Waals surface area contributed by atoms with E-state index in [2.05, 4.69) is 10.2 Å². The number of rotatable bonds is 1. The SMILES string of the molecule is Cc1ccc2c(c1)C1(C(=O)N2)C2C(=O)N(c3cccc4ccccc34)C(=O)C2C2CCCN21. The molecule has 4 heterocycles. The molecule has 4 atom stereocenters. The molecule has 1 N–H and O–H groups in total. The molecule has 3 saturated heterocycles. The lowest BCUT2D eigenvalue weighted by Crippen LogP contribution is -2.54. The molecular formula is C27H23N3O3. The third-order valence-electron chi connectivity index (χ3n) is 8.16. The average molecular weight is 437 g/mol. The fourth-order valence-corrected chi connectivity index (χ4v) is 6.96. The number of aryl methyl sites for hydroxylation is 1. The maximum absolute atomic E-state index is 14.2. The molecule has 7 rings (SSSR count). The zero-order valence-corrected chi connectivity index (χ0v) is 18.2. The van der Waals surface area contributed by atoms with Gasteiger partial charge in [-0.15, -0.1) is 0 Å². The Labute approximate surface area is 191 Å². The van der Waals surface area contributed by atoms with Gasteiger partial charge < -0.3 is 5.32 Å². The van der Waals surface area contributed by atoms with Crippen LogP contribution in [0.5, 0.6) is 0 Å². The van der Waals surface area contributed by atoms with Gasteiger partial charge in [0.1, 0.15) is 5.54 Å². The Bertz CT molecular complexity index is 1390. The number of fused-ring (bicyclic) bond motifs is 8. The summed E-state index contributed by atoms with van der Waals surface area (Å²) < 4.78 is 0. The lowest BCUT2D eigenvalue weighted by Gasteiger charge is -2.36. The Hall–Kier alpha value is -3.51. The Morgan fingerprint density at radius 3 is 2.67 bits per heavy atom. The third kappa shape index (κ3) is 2.15. The highest BCUT2D eigenvalue weighted by Gasteiger charge is 2.74. The number of hydrogen-bond acceptors (Lipinski definition) is 4. The first kappa shape index (κ1) is 19.0. The summed E-state index contributed by atoms with van der Waals surface area (Å²) in [6.45, 7) is 2.71. The van der Waals surface area contributed by atoms with Gasteiger partial charge in [0, 0.05) is 22.7 Å². The van der Waals surface area contributed by atoms with Gasteiger partial charge >= 0.3 is 0 Å². The van der Waals surface area contributed by atoms with Crippen LogP contribution in [0, 0.1) is 18.8 Å². The van der Waals surface area contributed by atoms with Crippen molar-refractivity contribution in [1.82, 2.24) is 4.90 Å². The van der Waals surface area contributed by atoms with E-state index in [1.54, 1.807) is 0 Å². The van der Waals surface area contributed by atoms with E-state index in [9.17, 15) is 14.4 Å². The third-order valence-corrected chi connectivity index (χ3v) is 8.16. The first-order valence-electron chi connectivity index (χ1n) is 11.6. The normalized spacial score (nSPS) is 30.3. The molecule has 0 aliphatic carbocycles. The second-order valence-corrected chi connectivity index (χ2v) is 9.69. The molecule has 3 aromatic rings. The van der Waals surface area contributed by atoms with Gasteiger partial charge in [0.2, 0.25) is 17.7 Å². The first-order chi connectivity index (χ1) is 16.0. The molecule has 4 unspecified atom stereocenters. The van der Waals surface area contributed by atoms with Crippen LogP contribution >= 0.6 is 0 Å². The van der Waals surface area contributed by atoms with Crippen molar-refractivity contribution in [3.63, 3.8) is 0 Å². The van der Waals surface area contributed by atoms with E-state index >= 15 is 0 Å². The van der Waals surface area contributed by atoms with Gasteiger partial charge in [0.25, 0.3) is 0 Å². The van der Waals surface area contributed by atoms with E-state index < -0.39 is 17.4 Å². The summed E-state index contributed by atoms with van der Waals surface area (Å²) in [4.78, 5) is 45.4. The summed E-state index contributed by atoms with van der Waals surface area (Å²) in [5.74, 6) is -1.86. The van der Waals surface area contributed by atoms with Crippen molar-refractivity contribution in [3.05, 3.63) is 71.8 Å². The van der Waals surface area contributed by atoms with Crippen LogP contribution in [-0.4, -0.2) is 35.2 Å². The number of nitrogens with one attached hydrogen (secondary N) is 1. The van der Waals surface area contributed by atoms with Crippen LogP contribution in [0.3, 0.4) is 0 Å². The zero-order valence-electron chi connectivity index (χ0n) is 18.2. The molecule has 164 valence electrons. The minimum atomic E-state index is -1.13. The van der Waals surface area contributed by atoms with Gasteiger partial charge in [-0.1, -0.05) is 54.1 Å². The highest BCUT2D eigenvalue weighted by molar-refractivity contribution is 6.28. The maximum atomic E-state index is 14.2. The summed E-state index contributed by atoms with van der Waals surface area (Å²) in [6, 6.07) is 19.3. The molecular weight excluding hydrogens is 414 g/mol. The molecule has 6 nitrogen and oxygen atoms in total. The van der Waals surface area contributed by atoms with Gasteiger partial charge in [-0.2, -0.15) is 0 Å². The summed E-state index contributed by atoms with van der Waals surface area (Å²) in [5.41, 5.74) is 2.11. The standard InChI is InChI=1S/C27H23N3O3/c1-15-11-12-19-18(14-15)27(26(33)28-19)23-22(21-10-5-13-29(21)27)24(31)30(25(23)32)20-9-4-7-16-6-2-3-8-17(16)20/h2-4,6-9,11-12,14,21-23H,5,10,13H2,1H3,(H,28,33). The van der Waals surface area contributed by atoms with Gasteiger partial charge in [-0.05, 0) is 43.8 Å². The summed E-state index contributed by atoms with van der Waals surface area (Å²) in [7, 11) is 0. The van der Waals surface area contributed by atoms with Crippen LogP contribution in [-0.2, 0) is 19.9 Å². The predicted octanol–water partition coefficient (Wildman–Crippen LogP) is 3.58. The zero-order chi connectivity index (χ0) is 22.5. The van der Waals surface area contributed by atoms with E-state index in [1.165, 1.54) is 4.90 Å². The highest BCUT2D eigenvalue weighted by Crippen LogP contribution is 2.61. The van der Waals surface area contributed by atoms with E-state index in [1.807, 2.05) is 67.6 Å². The van der Waals surface area contributed by atoms with Crippen LogP contribution in [0.2, 0.25) is 0 Å². The average Bonchev–Trinajstić information content (AvgIpc) is 3.52. The Morgan fingerprint density at radius 1 is 0.970 bits per heavy atom. The van der Waals surface area contributed by atoms with Gasteiger partial charge in [-0.25, -0.2) is 4.90 Å². The van der Waals surface area contributed by atoms with E-state index in [-0.39, 0.29) is 23.8 Å². The predicted molar refractivity (Wildman–Crippen MR) is 125 cm³/mol. The number of anilines is 2. The maximum Gasteiger partial charge on any atom is 0.250 e. The quantitative estimate of drug-likeness (QED) is 0.591. The van der Waals surface area contributed by atoms with Crippen molar-refractivity contribution in [1.29, 1.82) is 0 Å². The Balaban J connectivity index is 1.46. The van der Waals surface area contributed by atoms with Gasteiger partial charge in [0.05, 0.1) is 17.5 Å². The molecule has 3 aromatic carbocycles. The van der Waals surface area contributed by atoms with Crippen molar-refractivity contribution in [2.24, 2.45) is 11.8 Å². The lowest BCUT2D eigenvalue weighted by molar-refractivity contribution is -0.135. The molecule has 4 aliphatic heterocycles. The molecule has 0 radical (unpaired) electrons. The largest absolute Gasteiger partial charge is 0.324 e. The highest BCUT2D eigenvalue weighted by atomic mass is 16.2. The van der Waals surface area contributed by atoms with Crippen LogP contribution in [0.25, 0.3) is 10.8 Å². The fraction of sp³-hybridized carbons (Fsp3) is 0.296. The van der Waals surface area contributed by atoms with Crippen molar-refractivity contribution >= 4 is 39.9 Å². The molecule has 4 aliphatic rings. The lowest BCUT2D eigenvalue weighted by atomic mass is 9.75.